The van der Waals surface area contributed by atoms with Crippen LogP contribution in [0.3, 0.4) is 0 Å². The first-order valence-electron chi connectivity index (χ1n) is 8.13. The summed E-state index contributed by atoms with van der Waals surface area (Å²) < 4.78 is 10.3. The van der Waals surface area contributed by atoms with E-state index in [0.29, 0.717) is 31.3 Å². The van der Waals surface area contributed by atoms with Gasteiger partial charge in [-0.25, -0.2) is 9.78 Å². The minimum Gasteiger partial charge on any atom is -0.475 e. The molecule has 1 aliphatic rings. The fourth-order valence-electron chi connectivity index (χ4n) is 2.46. The molecule has 0 unspecified atom stereocenters. The molecule has 128 valence electrons. The molecule has 0 saturated carbocycles. The van der Waals surface area contributed by atoms with Crippen molar-refractivity contribution in [3.63, 3.8) is 0 Å². The van der Waals surface area contributed by atoms with Crippen LogP contribution >= 0.6 is 0 Å². The van der Waals surface area contributed by atoms with Crippen molar-refractivity contribution in [1.82, 2.24) is 15.2 Å². The van der Waals surface area contributed by atoms with E-state index in [1.54, 1.807) is 25.4 Å². The zero-order valence-corrected chi connectivity index (χ0v) is 13.7. The third-order valence-corrected chi connectivity index (χ3v) is 3.67. The second kappa shape index (κ2) is 10.0. The van der Waals surface area contributed by atoms with Gasteiger partial charge in [0.15, 0.2) is 0 Å². The van der Waals surface area contributed by atoms with E-state index in [1.807, 2.05) is 0 Å². The highest BCUT2D eigenvalue weighted by atomic mass is 16.5. The van der Waals surface area contributed by atoms with Crippen LogP contribution in [-0.2, 0) is 4.74 Å². The maximum atomic E-state index is 11.8. The van der Waals surface area contributed by atoms with Crippen molar-refractivity contribution in [2.45, 2.75) is 19.3 Å². The number of carbonyl (C=O) groups excluding carboxylic acids is 1. The van der Waals surface area contributed by atoms with Gasteiger partial charge in [0, 0.05) is 19.7 Å². The number of hydrogen-bond acceptors (Lipinski definition) is 5. The van der Waals surface area contributed by atoms with Crippen molar-refractivity contribution in [3.8, 4) is 5.88 Å². The van der Waals surface area contributed by atoms with Crippen LogP contribution in [0.2, 0.25) is 0 Å². The van der Waals surface area contributed by atoms with Crippen LogP contribution in [0, 0.1) is 0 Å². The van der Waals surface area contributed by atoms with Crippen molar-refractivity contribution < 1.29 is 14.3 Å². The predicted molar refractivity (Wildman–Crippen MR) is 88.9 cm³/mol. The monoisotopic (exact) mass is 322 g/mol. The number of likely N-dealkylation sites (tertiary alicyclic amines) is 1. The predicted octanol–water partition coefficient (Wildman–Crippen LogP) is 1.71. The summed E-state index contributed by atoms with van der Waals surface area (Å²) in [6.07, 6.45) is 5.14. The van der Waals surface area contributed by atoms with E-state index in [9.17, 15) is 4.79 Å². The molecule has 1 aliphatic heterocycles. The van der Waals surface area contributed by atoms with E-state index >= 15 is 0 Å². The third kappa shape index (κ3) is 6.83. The average Bonchev–Trinajstić information content (AvgIpc) is 3.07. The zero-order chi connectivity index (χ0) is 16.3. The summed E-state index contributed by atoms with van der Waals surface area (Å²) in [6, 6.07) is 3.28. The highest BCUT2D eigenvalue weighted by Gasteiger charge is 2.10. The Balaban J connectivity index is 1.60. The van der Waals surface area contributed by atoms with E-state index < -0.39 is 0 Å². The van der Waals surface area contributed by atoms with Crippen LogP contribution in [0.15, 0.2) is 18.3 Å². The fraction of sp³-hybridized carbons (Fsp3) is 0.625. The largest absolute Gasteiger partial charge is 0.475 e. The molecule has 7 heteroatoms. The molecule has 0 aliphatic carbocycles. The number of pyridine rings is 1. The van der Waals surface area contributed by atoms with Crippen LogP contribution in [-0.4, -0.2) is 62.4 Å². The molecule has 2 amide bonds. The van der Waals surface area contributed by atoms with Gasteiger partial charge in [-0.2, -0.15) is 0 Å². The number of rotatable bonds is 9. The van der Waals surface area contributed by atoms with Crippen molar-refractivity contribution in [2.75, 3.05) is 51.8 Å². The second-order valence-corrected chi connectivity index (χ2v) is 5.51. The Labute approximate surface area is 137 Å². The Bertz CT molecular complexity index is 461. The Morgan fingerprint density at radius 1 is 1.30 bits per heavy atom. The van der Waals surface area contributed by atoms with Crippen molar-refractivity contribution in [3.05, 3.63) is 18.3 Å². The van der Waals surface area contributed by atoms with E-state index in [1.165, 1.54) is 25.9 Å². The van der Waals surface area contributed by atoms with Crippen LogP contribution in [0.4, 0.5) is 10.5 Å². The van der Waals surface area contributed by atoms with Crippen LogP contribution < -0.4 is 15.4 Å². The Hall–Kier alpha value is -1.86. The molecule has 1 aromatic rings. The fourth-order valence-corrected chi connectivity index (χ4v) is 2.46. The maximum absolute atomic E-state index is 11.8. The summed E-state index contributed by atoms with van der Waals surface area (Å²) in [6.45, 7) is 5.08. The number of methoxy groups -OCH3 is 1. The van der Waals surface area contributed by atoms with Gasteiger partial charge < -0.3 is 25.0 Å². The van der Waals surface area contributed by atoms with Gasteiger partial charge in [-0.1, -0.05) is 0 Å². The van der Waals surface area contributed by atoms with Crippen LogP contribution in [0.25, 0.3) is 0 Å². The lowest BCUT2D eigenvalue weighted by Gasteiger charge is -2.14. The van der Waals surface area contributed by atoms with Gasteiger partial charge in [0.05, 0.1) is 18.5 Å². The molecule has 23 heavy (non-hydrogen) atoms. The molecule has 0 spiro atoms. The zero-order valence-electron chi connectivity index (χ0n) is 13.7. The number of hydrogen-bond donors (Lipinski definition) is 2. The summed E-state index contributed by atoms with van der Waals surface area (Å²) in [5.41, 5.74) is 0.640. The molecule has 0 atom stereocenters. The number of nitrogens with zero attached hydrogens (tertiary/aromatic N) is 2. The van der Waals surface area contributed by atoms with Crippen LogP contribution in [0.1, 0.15) is 19.3 Å². The lowest BCUT2D eigenvalue weighted by molar-refractivity contribution is 0.144. The van der Waals surface area contributed by atoms with Gasteiger partial charge in [-0.05, 0) is 45.0 Å². The molecule has 1 saturated heterocycles. The highest BCUT2D eigenvalue weighted by Crippen LogP contribution is 2.11. The molecule has 2 rings (SSSR count). The summed E-state index contributed by atoms with van der Waals surface area (Å²) >= 11 is 0. The molecule has 0 aromatic carbocycles. The first kappa shape index (κ1) is 17.5. The molecule has 0 radical (unpaired) electrons. The SMILES string of the molecule is COCCOc1ccc(NC(=O)NCCCN2CCCC2)cn1. The van der Waals surface area contributed by atoms with Crippen molar-refractivity contribution >= 4 is 11.7 Å². The average molecular weight is 322 g/mol. The van der Waals surface area contributed by atoms with E-state index in [0.717, 1.165) is 13.0 Å². The van der Waals surface area contributed by atoms with Gasteiger partial charge in [0.2, 0.25) is 5.88 Å². The normalized spacial score (nSPS) is 14.7. The lowest BCUT2D eigenvalue weighted by atomic mass is 10.4. The first-order chi connectivity index (χ1) is 11.3. The van der Waals surface area contributed by atoms with Gasteiger partial charge in [0.25, 0.3) is 0 Å². The number of urea groups is 1. The quantitative estimate of drug-likeness (QED) is 0.677. The first-order valence-corrected chi connectivity index (χ1v) is 8.13. The highest BCUT2D eigenvalue weighted by molar-refractivity contribution is 5.88. The second-order valence-electron chi connectivity index (χ2n) is 5.51. The van der Waals surface area contributed by atoms with Gasteiger partial charge >= 0.3 is 6.03 Å². The standard InChI is InChI=1S/C16H26N4O3/c1-22-11-12-23-15-6-5-14(13-18-15)19-16(21)17-7-4-10-20-8-2-3-9-20/h5-6,13H,2-4,7-12H2,1H3,(H2,17,19,21). The van der Waals surface area contributed by atoms with Gasteiger partial charge in [-0.15, -0.1) is 0 Å². The number of aromatic nitrogens is 1. The lowest BCUT2D eigenvalue weighted by Crippen LogP contribution is -2.31. The Morgan fingerprint density at radius 2 is 2.13 bits per heavy atom. The molecule has 1 aromatic heterocycles. The summed E-state index contributed by atoms with van der Waals surface area (Å²) in [4.78, 5) is 18.4. The minimum atomic E-state index is -0.207. The number of ether oxygens (including phenoxy) is 2. The van der Waals surface area contributed by atoms with E-state index in [4.69, 9.17) is 9.47 Å². The smallest absolute Gasteiger partial charge is 0.319 e. The van der Waals surface area contributed by atoms with Gasteiger partial charge in [0.1, 0.15) is 6.61 Å². The van der Waals surface area contributed by atoms with Crippen molar-refractivity contribution in [2.24, 2.45) is 0 Å². The van der Waals surface area contributed by atoms with Crippen LogP contribution in [0.5, 0.6) is 5.88 Å². The minimum absolute atomic E-state index is 0.207. The number of carbonyl (C=O) groups is 1. The topological polar surface area (TPSA) is 75.7 Å². The van der Waals surface area contributed by atoms with E-state index in [-0.39, 0.29) is 6.03 Å². The Kier molecular flexibility index (Phi) is 7.62. The molecule has 1 fully saturated rings. The van der Waals surface area contributed by atoms with E-state index in [2.05, 4.69) is 20.5 Å². The molecule has 7 nitrogen and oxygen atoms in total. The summed E-state index contributed by atoms with van der Waals surface area (Å²) in [5, 5.41) is 5.62. The molecule has 2 heterocycles. The van der Waals surface area contributed by atoms with Crippen molar-refractivity contribution in [1.29, 1.82) is 0 Å². The third-order valence-electron chi connectivity index (χ3n) is 3.67. The summed E-state index contributed by atoms with van der Waals surface area (Å²) in [5.74, 6) is 0.513. The Morgan fingerprint density at radius 3 is 2.83 bits per heavy atom. The number of amides is 2. The number of anilines is 1. The van der Waals surface area contributed by atoms with Gasteiger partial charge in [-0.3, -0.25) is 0 Å². The molecule has 0 bridgehead atoms. The summed E-state index contributed by atoms with van der Waals surface area (Å²) in [7, 11) is 1.62. The maximum Gasteiger partial charge on any atom is 0.319 e. The molecular formula is C16H26N4O3. The molecular weight excluding hydrogens is 296 g/mol. The number of nitrogens with one attached hydrogen (secondary N) is 2. The molecule has 2 N–H and O–H groups in total.